The van der Waals surface area contributed by atoms with Crippen molar-refractivity contribution in [1.29, 1.82) is 0 Å². The van der Waals surface area contributed by atoms with Gasteiger partial charge in [-0.2, -0.15) is 0 Å². The first-order valence-corrected chi connectivity index (χ1v) is 13.0. The van der Waals surface area contributed by atoms with Crippen molar-refractivity contribution >= 4 is 32.5 Å². The number of hydrogen-bond donors (Lipinski definition) is 3. The fraction of sp³-hybridized carbons (Fsp3) is 0.222. The first-order valence-electron chi connectivity index (χ1n) is 11.5. The van der Waals surface area contributed by atoms with E-state index in [-0.39, 0.29) is 17.4 Å². The minimum atomic E-state index is -3.83. The van der Waals surface area contributed by atoms with Crippen molar-refractivity contribution in [3.05, 3.63) is 90.1 Å². The van der Waals surface area contributed by atoms with Gasteiger partial charge in [0, 0.05) is 49.3 Å². The molecule has 9 heteroatoms. The van der Waals surface area contributed by atoms with Crippen molar-refractivity contribution in [1.82, 2.24) is 15.0 Å². The number of para-hydroxylation sites is 1. The molecule has 0 bridgehead atoms. The number of rotatable bonds is 10. The van der Waals surface area contributed by atoms with Crippen LogP contribution in [0, 0.1) is 0 Å². The molecule has 0 unspecified atom stereocenters. The predicted molar refractivity (Wildman–Crippen MR) is 142 cm³/mol. The summed E-state index contributed by atoms with van der Waals surface area (Å²) in [7, 11) is 1.65. The highest BCUT2D eigenvalue weighted by Gasteiger charge is 2.21. The number of carbonyl (C=O) groups is 1. The number of anilines is 1. The molecule has 188 valence electrons. The average molecular weight is 507 g/mol. The van der Waals surface area contributed by atoms with Crippen molar-refractivity contribution in [3.8, 4) is 5.75 Å². The maximum atomic E-state index is 12.7. The summed E-state index contributed by atoms with van der Waals surface area (Å²) < 4.78 is 32.6. The fourth-order valence-electron chi connectivity index (χ4n) is 4.07. The molecule has 8 nitrogen and oxygen atoms in total. The van der Waals surface area contributed by atoms with Crippen molar-refractivity contribution in [2.75, 3.05) is 39.2 Å². The van der Waals surface area contributed by atoms with Gasteiger partial charge < -0.3 is 19.9 Å². The molecule has 0 aliphatic rings. The third-order valence-corrected chi connectivity index (χ3v) is 7.52. The molecule has 4 rings (SSSR count). The molecule has 36 heavy (non-hydrogen) atoms. The number of methoxy groups -OCH3 is 1. The minimum absolute atomic E-state index is 0.0637. The molecule has 0 spiro atoms. The molecular formula is C27H30N4O4S. The number of benzene rings is 3. The van der Waals surface area contributed by atoms with Crippen LogP contribution < -0.4 is 19.7 Å². The summed E-state index contributed by atoms with van der Waals surface area (Å²) in [5, 5.41) is 3.98. The molecular weight excluding hydrogens is 476 g/mol. The highest BCUT2D eigenvalue weighted by molar-refractivity contribution is 7.89. The first kappa shape index (κ1) is 25.3. The molecule has 0 radical (unpaired) electrons. The summed E-state index contributed by atoms with van der Waals surface area (Å²) in [5.41, 5.74) is 4.20. The number of amides is 1. The SMILES string of the molecule is COc1ccc(S(=O)(=O)NCC(=O)NC[C@@H](c2ccc(N(C)C)cc2)c2c[nH]c3ccccc23)cc1. The summed E-state index contributed by atoms with van der Waals surface area (Å²) in [5.74, 6) is 0.00924. The molecule has 1 aromatic heterocycles. The Kier molecular flexibility index (Phi) is 7.61. The van der Waals surface area contributed by atoms with Crippen molar-refractivity contribution in [2.45, 2.75) is 10.8 Å². The standard InChI is InChI=1S/C27H30N4O4S/c1-31(2)20-10-8-19(9-11-20)24(25-17-28-26-7-5-4-6-23(25)26)16-29-27(32)18-30-36(33,34)22-14-12-21(35-3)13-15-22/h4-15,17,24,28,30H,16,18H2,1-3H3,(H,29,32)/t24-/m0/s1. The van der Waals surface area contributed by atoms with E-state index in [1.165, 1.54) is 19.2 Å². The fourth-order valence-corrected chi connectivity index (χ4v) is 5.05. The summed E-state index contributed by atoms with van der Waals surface area (Å²) in [6.07, 6.45) is 1.97. The quantitative estimate of drug-likeness (QED) is 0.306. The average Bonchev–Trinajstić information content (AvgIpc) is 3.32. The monoisotopic (exact) mass is 506 g/mol. The Morgan fingerprint density at radius 2 is 1.69 bits per heavy atom. The van der Waals surface area contributed by atoms with E-state index in [2.05, 4.69) is 27.2 Å². The number of nitrogens with zero attached hydrogens (tertiary/aromatic N) is 1. The number of nitrogens with one attached hydrogen (secondary N) is 3. The van der Waals surface area contributed by atoms with E-state index in [1.807, 2.05) is 61.6 Å². The molecule has 4 aromatic rings. The molecule has 1 heterocycles. The predicted octanol–water partition coefficient (Wildman–Crippen LogP) is 3.47. The van der Waals surface area contributed by atoms with E-state index in [9.17, 15) is 13.2 Å². The van der Waals surface area contributed by atoms with Crippen LogP contribution in [0.5, 0.6) is 5.75 Å². The van der Waals surface area contributed by atoms with Gasteiger partial charge >= 0.3 is 0 Å². The lowest BCUT2D eigenvalue weighted by Gasteiger charge is -2.20. The van der Waals surface area contributed by atoms with Crippen LogP contribution in [0.25, 0.3) is 10.9 Å². The molecule has 3 N–H and O–H groups in total. The van der Waals surface area contributed by atoms with Crippen LogP contribution >= 0.6 is 0 Å². The van der Waals surface area contributed by atoms with E-state index in [1.54, 1.807) is 12.1 Å². The maximum Gasteiger partial charge on any atom is 0.241 e. The lowest BCUT2D eigenvalue weighted by Crippen LogP contribution is -2.38. The third kappa shape index (κ3) is 5.69. The molecule has 3 aromatic carbocycles. The van der Waals surface area contributed by atoms with E-state index in [0.717, 1.165) is 27.7 Å². The van der Waals surface area contributed by atoms with Gasteiger partial charge in [-0.25, -0.2) is 13.1 Å². The Labute approximate surface area is 211 Å². The summed E-state index contributed by atoms with van der Waals surface area (Å²) in [6.45, 7) is -0.0548. The number of aromatic amines is 1. The van der Waals surface area contributed by atoms with Crippen LogP contribution in [0.15, 0.2) is 83.9 Å². The topological polar surface area (TPSA) is 104 Å². The van der Waals surface area contributed by atoms with Gasteiger partial charge in [-0.15, -0.1) is 0 Å². The Bertz CT molecular complexity index is 1430. The van der Waals surface area contributed by atoms with Gasteiger partial charge in [0.05, 0.1) is 18.6 Å². The van der Waals surface area contributed by atoms with E-state index < -0.39 is 15.9 Å². The lowest BCUT2D eigenvalue weighted by molar-refractivity contribution is -0.119. The number of hydrogen-bond acceptors (Lipinski definition) is 5. The van der Waals surface area contributed by atoms with Crippen molar-refractivity contribution in [3.63, 3.8) is 0 Å². The lowest BCUT2D eigenvalue weighted by atomic mass is 9.90. The third-order valence-electron chi connectivity index (χ3n) is 6.10. The van der Waals surface area contributed by atoms with Crippen molar-refractivity contribution in [2.24, 2.45) is 0 Å². The number of aromatic nitrogens is 1. The van der Waals surface area contributed by atoms with Crippen LogP contribution in [-0.2, 0) is 14.8 Å². The van der Waals surface area contributed by atoms with Gasteiger partial charge in [-0.1, -0.05) is 30.3 Å². The second kappa shape index (κ2) is 10.8. The first-order chi connectivity index (χ1) is 17.3. The van der Waals surface area contributed by atoms with Crippen LogP contribution in [0.3, 0.4) is 0 Å². The van der Waals surface area contributed by atoms with Gasteiger partial charge in [-0.3, -0.25) is 4.79 Å². The zero-order chi connectivity index (χ0) is 25.7. The Morgan fingerprint density at radius 1 is 1.00 bits per heavy atom. The number of fused-ring (bicyclic) bond motifs is 1. The van der Waals surface area contributed by atoms with Gasteiger partial charge in [0.1, 0.15) is 5.75 Å². The van der Waals surface area contributed by atoms with E-state index in [0.29, 0.717) is 12.3 Å². The summed E-state index contributed by atoms with van der Waals surface area (Å²) in [4.78, 5) is 18.1. The number of sulfonamides is 1. The van der Waals surface area contributed by atoms with Gasteiger partial charge in [0.2, 0.25) is 15.9 Å². The molecule has 1 atom stereocenters. The molecule has 0 aliphatic heterocycles. The Morgan fingerprint density at radius 3 is 2.36 bits per heavy atom. The summed E-state index contributed by atoms with van der Waals surface area (Å²) >= 11 is 0. The second-order valence-electron chi connectivity index (χ2n) is 8.63. The highest BCUT2D eigenvalue weighted by atomic mass is 32.2. The number of carbonyl (C=O) groups excluding carboxylic acids is 1. The Balaban J connectivity index is 1.48. The molecule has 0 fully saturated rings. The maximum absolute atomic E-state index is 12.7. The largest absolute Gasteiger partial charge is 0.497 e. The minimum Gasteiger partial charge on any atom is -0.497 e. The normalized spacial score (nSPS) is 12.3. The van der Waals surface area contributed by atoms with E-state index >= 15 is 0 Å². The zero-order valence-electron chi connectivity index (χ0n) is 20.5. The zero-order valence-corrected chi connectivity index (χ0v) is 21.3. The van der Waals surface area contributed by atoms with Gasteiger partial charge in [-0.05, 0) is 53.6 Å². The van der Waals surface area contributed by atoms with Crippen molar-refractivity contribution < 1.29 is 17.9 Å². The summed E-state index contributed by atoms with van der Waals surface area (Å²) in [6, 6.07) is 22.2. The second-order valence-corrected chi connectivity index (χ2v) is 10.4. The molecule has 0 aliphatic carbocycles. The molecule has 0 saturated carbocycles. The van der Waals surface area contributed by atoms with Gasteiger partial charge in [0.15, 0.2) is 0 Å². The smallest absolute Gasteiger partial charge is 0.241 e. The molecule has 0 saturated heterocycles. The number of ether oxygens (including phenoxy) is 1. The van der Waals surface area contributed by atoms with Crippen LogP contribution in [0.1, 0.15) is 17.0 Å². The van der Waals surface area contributed by atoms with Crippen LogP contribution in [0.2, 0.25) is 0 Å². The highest BCUT2D eigenvalue weighted by Crippen LogP contribution is 2.31. The van der Waals surface area contributed by atoms with E-state index in [4.69, 9.17) is 4.74 Å². The van der Waals surface area contributed by atoms with Gasteiger partial charge in [0.25, 0.3) is 0 Å². The van der Waals surface area contributed by atoms with Crippen LogP contribution in [0.4, 0.5) is 5.69 Å². The Hall–Kier alpha value is -3.82. The van der Waals surface area contributed by atoms with Crippen LogP contribution in [-0.4, -0.2) is 53.6 Å². The number of H-pyrrole nitrogens is 1. The molecule has 1 amide bonds.